The van der Waals surface area contributed by atoms with E-state index >= 15 is 0 Å². The Balaban J connectivity index is 1.78. The molecular formula is C11H15N3S. The smallest absolute Gasteiger partial charge is 0.191 e. The Morgan fingerprint density at radius 1 is 1.53 bits per heavy atom. The van der Waals surface area contributed by atoms with Crippen LogP contribution in [0.5, 0.6) is 0 Å². The van der Waals surface area contributed by atoms with Crippen LogP contribution >= 0.6 is 11.3 Å². The fourth-order valence-electron chi connectivity index (χ4n) is 2.05. The highest BCUT2D eigenvalue weighted by Crippen LogP contribution is 2.35. The molecule has 2 N–H and O–H groups in total. The number of hydrogen-bond donors (Lipinski definition) is 1. The number of nitrogens with zero attached hydrogens (tertiary/aromatic N) is 2. The van der Waals surface area contributed by atoms with Crippen molar-refractivity contribution in [3.8, 4) is 0 Å². The Kier molecular flexibility index (Phi) is 2.16. The van der Waals surface area contributed by atoms with E-state index in [-0.39, 0.29) is 0 Å². The van der Waals surface area contributed by atoms with Crippen LogP contribution in [0.2, 0.25) is 0 Å². The van der Waals surface area contributed by atoms with Crippen LogP contribution in [0.3, 0.4) is 0 Å². The number of rotatable bonds is 3. The van der Waals surface area contributed by atoms with Gasteiger partial charge in [-0.1, -0.05) is 6.07 Å². The zero-order valence-electron chi connectivity index (χ0n) is 8.60. The number of aliphatic imine (C=N–C) groups is 1. The maximum absolute atomic E-state index is 5.93. The number of thiophene rings is 1. The minimum atomic E-state index is 0.408. The Labute approximate surface area is 93.6 Å². The van der Waals surface area contributed by atoms with E-state index in [1.165, 1.54) is 17.7 Å². The number of guanidine groups is 1. The van der Waals surface area contributed by atoms with Gasteiger partial charge in [0, 0.05) is 11.4 Å². The van der Waals surface area contributed by atoms with Crippen molar-refractivity contribution >= 4 is 17.3 Å². The first kappa shape index (κ1) is 9.21. The van der Waals surface area contributed by atoms with Crippen LogP contribution in [0, 0.1) is 5.92 Å². The lowest BCUT2D eigenvalue weighted by atomic mass is 10.2. The first-order chi connectivity index (χ1) is 7.34. The fourth-order valence-corrected chi connectivity index (χ4v) is 2.88. The van der Waals surface area contributed by atoms with E-state index in [0.717, 1.165) is 25.0 Å². The molecule has 1 fully saturated rings. The molecule has 3 nitrogen and oxygen atoms in total. The zero-order chi connectivity index (χ0) is 10.3. The molecule has 0 amide bonds. The third kappa shape index (κ3) is 1.74. The quantitative estimate of drug-likeness (QED) is 0.846. The van der Waals surface area contributed by atoms with Gasteiger partial charge in [-0.2, -0.15) is 0 Å². The fraction of sp³-hybridized carbons (Fsp3) is 0.545. The standard InChI is InChI=1S/C11H15N3S/c12-11-13-6-9(10-2-1-5-15-10)14(11)7-8-3-4-8/h1-2,5,8-9H,3-4,6-7H2,(H2,12,13). The van der Waals surface area contributed by atoms with Gasteiger partial charge < -0.3 is 10.6 Å². The van der Waals surface area contributed by atoms with Crippen molar-refractivity contribution in [2.75, 3.05) is 13.1 Å². The summed E-state index contributed by atoms with van der Waals surface area (Å²) < 4.78 is 0. The third-order valence-corrected chi connectivity index (χ3v) is 4.09. The van der Waals surface area contributed by atoms with Gasteiger partial charge in [-0.05, 0) is 30.2 Å². The number of hydrogen-bond acceptors (Lipinski definition) is 4. The zero-order valence-corrected chi connectivity index (χ0v) is 9.41. The first-order valence-electron chi connectivity index (χ1n) is 5.44. The third-order valence-electron chi connectivity index (χ3n) is 3.12. The molecule has 0 aromatic carbocycles. The normalized spacial score (nSPS) is 25.7. The van der Waals surface area contributed by atoms with Crippen molar-refractivity contribution in [1.82, 2.24) is 4.90 Å². The van der Waals surface area contributed by atoms with Crippen LogP contribution in [-0.2, 0) is 0 Å². The molecule has 2 aliphatic rings. The molecule has 80 valence electrons. The molecule has 2 heterocycles. The summed E-state index contributed by atoms with van der Waals surface area (Å²) in [5, 5.41) is 2.12. The molecule has 0 saturated heterocycles. The van der Waals surface area contributed by atoms with E-state index in [2.05, 4.69) is 27.4 Å². The summed E-state index contributed by atoms with van der Waals surface area (Å²) in [7, 11) is 0. The van der Waals surface area contributed by atoms with E-state index in [9.17, 15) is 0 Å². The molecule has 1 unspecified atom stereocenters. The van der Waals surface area contributed by atoms with Crippen LogP contribution in [0.1, 0.15) is 23.8 Å². The van der Waals surface area contributed by atoms with Crippen molar-refractivity contribution in [2.24, 2.45) is 16.6 Å². The van der Waals surface area contributed by atoms with Crippen LogP contribution < -0.4 is 5.73 Å². The Morgan fingerprint density at radius 2 is 2.40 bits per heavy atom. The predicted octanol–water partition coefficient (Wildman–Crippen LogP) is 1.83. The van der Waals surface area contributed by atoms with E-state index in [1.807, 2.05) is 0 Å². The second-order valence-electron chi connectivity index (χ2n) is 4.33. The van der Waals surface area contributed by atoms with Gasteiger partial charge in [-0.25, -0.2) is 0 Å². The summed E-state index contributed by atoms with van der Waals surface area (Å²) >= 11 is 1.80. The van der Waals surface area contributed by atoms with Crippen LogP contribution in [0.15, 0.2) is 22.5 Å². The van der Waals surface area contributed by atoms with Crippen LogP contribution in [0.25, 0.3) is 0 Å². The second kappa shape index (κ2) is 3.52. The molecule has 3 rings (SSSR count). The maximum atomic E-state index is 5.93. The SMILES string of the molecule is NC1=NCC(c2cccs2)N1CC1CC1. The molecule has 1 aliphatic carbocycles. The van der Waals surface area contributed by atoms with E-state index < -0.39 is 0 Å². The molecule has 0 spiro atoms. The molecule has 4 heteroatoms. The average molecular weight is 221 g/mol. The molecular weight excluding hydrogens is 206 g/mol. The lowest BCUT2D eigenvalue weighted by molar-refractivity contribution is 0.338. The molecule has 1 aliphatic heterocycles. The molecule has 0 radical (unpaired) electrons. The second-order valence-corrected chi connectivity index (χ2v) is 5.31. The van der Waals surface area contributed by atoms with Crippen molar-refractivity contribution in [1.29, 1.82) is 0 Å². The minimum absolute atomic E-state index is 0.408. The topological polar surface area (TPSA) is 41.6 Å². The lowest BCUT2D eigenvalue weighted by Gasteiger charge is -2.25. The van der Waals surface area contributed by atoms with E-state index in [4.69, 9.17) is 5.73 Å². The molecule has 1 saturated carbocycles. The van der Waals surface area contributed by atoms with E-state index in [1.54, 1.807) is 11.3 Å². The van der Waals surface area contributed by atoms with Crippen LogP contribution in [0.4, 0.5) is 0 Å². The van der Waals surface area contributed by atoms with Gasteiger partial charge in [0.25, 0.3) is 0 Å². The van der Waals surface area contributed by atoms with Gasteiger partial charge in [0.1, 0.15) is 0 Å². The summed E-state index contributed by atoms with van der Waals surface area (Å²) in [6.45, 7) is 1.93. The van der Waals surface area contributed by atoms with Gasteiger partial charge >= 0.3 is 0 Å². The molecule has 1 atom stereocenters. The van der Waals surface area contributed by atoms with Gasteiger partial charge in [0.15, 0.2) is 5.96 Å². The first-order valence-corrected chi connectivity index (χ1v) is 6.32. The summed E-state index contributed by atoms with van der Waals surface area (Å²) in [6, 6.07) is 4.69. The van der Waals surface area contributed by atoms with Crippen LogP contribution in [-0.4, -0.2) is 23.9 Å². The van der Waals surface area contributed by atoms with Gasteiger partial charge in [0.2, 0.25) is 0 Å². The molecule has 15 heavy (non-hydrogen) atoms. The Bertz CT molecular complexity index is 367. The van der Waals surface area contributed by atoms with Crippen molar-refractivity contribution in [3.63, 3.8) is 0 Å². The van der Waals surface area contributed by atoms with Gasteiger partial charge in [-0.15, -0.1) is 11.3 Å². The van der Waals surface area contributed by atoms with Crippen molar-refractivity contribution in [3.05, 3.63) is 22.4 Å². The predicted molar refractivity (Wildman–Crippen MR) is 63.0 cm³/mol. The lowest BCUT2D eigenvalue weighted by Crippen LogP contribution is -2.37. The maximum Gasteiger partial charge on any atom is 0.191 e. The monoisotopic (exact) mass is 221 g/mol. The molecule has 0 bridgehead atoms. The average Bonchev–Trinajstić information content (AvgIpc) is 2.75. The molecule has 1 aromatic heterocycles. The largest absolute Gasteiger partial charge is 0.370 e. The highest BCUT2D eigenvalue weighted by Gasteiger charge is 2.33. The highest BCUT2D eigenvalue weighted by atomic mass is 32.1. The Hall–Kier alpha value is -1.03. The van der Waals surface area contributed by atoms with Gasteiger partial charge in [-0.3, -0.25) is 4.99 Å². The summed E-state index contributed by atoms with van der Waals surface area (Å²) in [6.07, 6.45) is 2.72. The highest BCUT2D eigenvalue weighted by molar-refractivity contribution is 7.10. The number of nitrogens with two attached hydrogens (primary N) is 1. The van der Waals surface area contributed by atoms with E-state index in [0.29, 0.717) is 6.04 Å². The van der Waals surface area contributed by atoms with Gasteiger partial charge in [0.05, 0.1) is 12.6 Å². The minimum Gasteiger partial charge on any atom is -0.370 e. The summed E-state index contributed by atoms with van der Waals surface area (Å²) in [5.41, 5.74) is 5.93. The summed E-state index contributed by atoms with van der Waals surface area (Å²) in [4.78, 5) is 8.03. The Morgan fingerprint density at radius 3 is 3.07 bits per heavy atom. The summed E-state index contributed by atoms with van der Waals surface area (Å²) in [5.74, 6) is 1.60. The van der Waals surface area contributed by atoms with Crippen molar-refractivity contribution in [2.45, 2.75) is 18.9 Å². The molecule has 1 aromatic rings. The van der Waals surface area contributed by atoms with Crippen molar-refractivity contribution < 1.29 is 0 Å².